The number of rotatable bonds is 5. The standard InChI is InChI=1S/C9H12F3N3O2S/c1-2-13-8-4-3-7(5-14-8)18(16,17)15-6-9(10,11)12/h3-5,15H,2,6H2,1H3,(H,13,14). The lowest BCUT2D eigenvalue weighted by Crippen LogP contribution is -2.33. The first kappa shape index (κ1) is 14.7. The molecular weight excluding hydrogens is 271 g/mol. The van der Waals surface area contributed by atoms with Crippen molar-refractivity contribution in [3.8, 4) is 0 Å². The Bertz CT molecular complexity index is 485. The van der Waals surface area contributed by atoms with Gasteiger partial charge in [-0.2, -0.15) is 13.2 Å². The first-order chi connectivity index (χ1) is 8.24. The van der Waals surface area contributed by atoms with E-state index in [-0.39, 0.29) is 4.90 Å². The summed E-state index contributed by atoms with van der Waals surface area (Å²) in [4.78, 5) is 3.46. The Kier molecular flexibility index (Phi) is 4.52. The highest BCUT2D eigenvalue weighted by molar-refractivity contribution is 7.89. The van der Waals surface area contributed by atoms with Gasteiger partial charge in [-0.1, -0.05) is 0 Å². The Labute approximate surface area is 102 Å². The van der Waals surface area contributed by atoms with Gasteiger partial charge in [-0.25, -0.2) is 18.1 Å². The first-order valence-corrected chi connectivity index (χ1v) is 6.49. The van der Waals surface area contributed by atoms with Crippen LogP contribution >= 0.6 is 0 Å². The molecule has 0 aliphatic rings. The van der Waals surface area contributed by atoms with Crippen molar-refractivity contribution in [1.29, 1.82) is 0 Å². The third-order valence-corrected chi connectivity index (χ3v) is 3.25. The number of hydrogen-bond donors (Lipinski definition) is 2. The quantitative estimate of drug-likeness (QED) is 0.856. The van der Waals surface area contributed by atoms with Crippen molar-refractivity contribution in [2.75, 3.05) is 18.4 Å². The van der Waals surface area contributed by atoms with Gasteiger partial charge in [0.15, 0.2) is 0 Å². The van der Waals surface area contributed by atoms with E-state index >= 15 is 0 Å². The second kappa shape index (κ2) is 5.53. The smallest absolute Gasteiger partial charge is 0.370 e. The predicted octanol–water partition coefficient (Wildman–Crippen LogP) is 1.35. The van der Waals surface area contributed by atoms with Gasteiger partial charge in [0, 0.05) is 12.7 Å². The third kappa shape index (κ3) is 4.49. The van der Waals surface area contributed by atoms with Crippen molar-refractivity contribution in [2.45, 2.75) is 18.0 Å². The van der Waals surface area contributed by atoms with Crippen molar-refractivity contribution in [3.63, 3.8) is 0 Å². The molecule has 0 fully saturated rings. The van der Waals surface area contributed by atoms with Crippen LogP contribution in [-0.2, 0) is 10.0 Å². The molecule has 0 spiro atoms. The van der Waals surface area contributed by atoms with E-state index < -0.39 is 22.7 Å². The van der Waals surface area contributed by atoms with E-state index in [0.29, 0.717) is 12.4 Å². The molecule has 1 rings (SSSR count). The number of sulfonamides is 1. The Morgan fingerprint density at radius 3 is 2.44 bits per heavy atom. The summed E-state index contributed by atoms with van der Waals surface area (Å²) in [6.45, 7) is 0.826. The molecule has 0 amide bonds. The van der Waals surface area contributed by atoms with E-state index in [1.807, 2.05) is 6.92 Å². The molecule has 0 saturated carbocycles. The minimum atomic E-state index is -4.59. The molecule has 0 saturated heterocycles. The fraction of sp³-hybridized carbons (Fsp3) is 0.444. The van der Waals surface area contributed by atoms with Crippen LogP contribution in [0.25, 0.3) is 0 Å². The second-order valence-electron chi connectivity index (χ2n) is 3.35. The summed E-state index contributed by atoms with van der Waals surface area (Å²) in [5.41, 5.74) is 0. The SMILES string of the molecule is CCNc1ccc(S(=O)(=O)NCC(F)(F)F)cn1. The van der Waals surface area contributed by atoms with Crippen LogP contribution in [0.15, 0.2) is 23.2 Å². The average molecular weight is 283 g/mol. The monoisotopic (exact) mass is 283 g/mol. The highest BCUT2D eigenvalue weighted by atomic mass is 32.2. The highest BCUT2D eigenvalue weighted by Gasteiger charge is 2.30. The van der Waals surface area contributed by atoms with Crippen LogP contribution in [0, 0.1) is 0 Å². The second-order valence-corrected chi connectivity index (χ2v) is 5.12. The molecule has 5 nitrogen and oxygen atoms in total. The van der Waals surface area contributed by atoms with Crippen molar-refractivity contribution in [2.24, 2.45) is 0 Å². The van der Waals surface area contributed by atoms with Gasteiger partial charge < -0.3 is 5.32 Å². The van der Waals surface area contributed by atoms with Crippen molar-refractivity contribution in [1.82, 2.24) is 9.71 Å². The molecule has 102 valence electrons. The molecule has 0 unspecified atom stereocenters. The topological polar surface area (TPSA) is 71.1 Å². The molecule has 2 N–H and O–H groups in total. The Morgan fingerprint density at radius 2 is 2.00 bits per heavy atom. The fourth-order valence-corrected chi connectivity index (χ4v) is 2.04. The van der Waals surface area contributed by atoms with Gasteiger partial charge in [0.25, 0.3) is 0 Å². The largest absolute Gasteiger partial charge is 0.402 e. The molecule has 0 bridgehead atoms. The van der Waals surface area contributed by atoms with E-state index in [2.05, 4.69) is 10.3 Å². The Morgan fingerprint density at radius 1 is 1.33 bits per heavy atom. The summed E-state index contributed by atoms with van der Waals surface area (Å²) in [5.74, 6) is 0.451. The Hall–Kier alpha value is -1.35. The zero-order valence-corrected chi connectivity index (χ0v) is 10.3. The van der Waals surface area contributed by atoms with E-state index in [0.717, 1.165) is 6.20 Å². The lowest BCUT2D eigenvalue weighted by molar-refractivity contribution is -0.121. The van der Waals surface area contributed by atoms with E-state index in [1.165, 1.54) is 16.9 Å². The lowest BCUT2D eigenvalue weighted by Gasteiger charge is -2.09. The van der Waals surface area contributed by atoms with Crippen molar-refractivity contribution in [3.05, 3.63) is 18.3 Å². The van der Waals surface area contributed by atoms with Crippen LogP contribution in [0.3, 0.4) is 0 Å². The van der Waals surface area contributed by atoms with Crippen LogP contribution in [-0.4, -0.2) is 32.7 Å². The molecule has 1 aromatic heterocycles. The van der Waals surface area contributed by atoms with Crippen molar-refractivity contribution >= 4 is 15.8 Å². The Balaban J connectivity index is 2.79. The number of nitrogens with one attached hydrogen (secondary N) is 2. The minimum absolute atomic E-state index is 0.312. The predicted molar refractivity (Wildman–Crippen MR) is 59.6 cm³/mol. The van der Waals surface area contributed by atoms with E-state index in [4.69, 9.17) is 0 Å². The zero-order valence-electron chi connectivity index (χ0n) is 9.45. The first-order valence-electron chi connectivity index (χ1n) is 5.01. The van der Waals surface area contributed by atoms with E-state index in [1.54, 1.807) is 0 Å². The summed E-state index contributed by atoms with van der Waals surface area (Å²) in [6, 6.07) is 2.56. The van der Waals surface area contributed by atoms with Crippen LogP contribution in [0.2, 0.25) is 0 Å². The summed E-state index contributed by atoms with van der Waals surface area (Å²) in [6.07, 6.45) is -3.60. The van der Waals surface area contributed by atoms with Crippen LogP contribution in [0.4, 0.5) is 19.0 Å². The molecule has 0 aromatic carbocycles. The molecule has 18 heavy (non-hydrogen) atoms. The van der Waals surface area contributed by atoms with Crippen LogP contribution in [0.1, 0.15) is 6.92 Å². The third-order valence-electron chi connectivity index (χ3n) is 1.87. The summed E-state index contributed by atoms with van der Waals surface area (Å²) in [5, 5.41) is 2.84. The molecule has 1 aromatic rings. The number of halogens is 3. The number of anilines is 1. The number of nitrogens with zero attached hydrogens (tertiary/aromatic N) is 1. The van der Waals surface area contributed by atoms with Gasteiger partial charge in [0.2, 0.25) is 10.0 Å². The molecular formula is C9H12F3N3O2S. The van der Waals surface area contributed by atoms with Gasteiger partial charge in [0.05, 0.1) is 0 Å². The minimum Gasteiger partial charge on any atom is -0.370 e. The number of alkyl halides is 3. The summed E-state index contributed by atoms with van der Waals surface area (Å²) in [7, 11) is -4.19. The van der Waals surface area contributed by atoms with Crippen LogP contribution < -0.4 is 10.0 Å². The van der Waals surface area contributed by atoms with E-state index in [9.17, 15) is 21.6 Å². The molecule has 0 aliphatic heterocycles. The maximum Gasteiger partial charge on any atom is 0.402 e. The molecule has 9 heteroatoms. The molecule has 0 aliphatic carbocycles. The molecule has 0 atom stereocenters. The fourth-order valence-electron chi connectivity index (χ4n) is 1.09. The molecule has 0 radical (unpaired) electrons. The van der Waals surface area contributed by atoms with Gasteiger partial charge in [0.1, 0.15) is 17.3 Å². The summed E-state index contributed by atoms with van der Waals surface area (Å²) < 4.78 is 60.1. The van der Waals surface area contributed by atoms with Gasteiger partial charge in [-0.3, -0.25) is 0 Å². The maximum atomic E-state index is 11.9. The number of hydrogen-bond acceptors (Lipinski definition) is 4. The number of pyridine rings is 1. The number of aromatic nitrogens is 1. The normalized spacial score (nSPS) is 12.4. The van der Waals surface area contributed by atoms with Gasteiger partial charge >= 0.3 is 6.18 Å². The maximum absolute atomic E-state index is 11.9. The average Bonchev–Trinajstić information content (AvgIpc) is 2.27. The van der Waals surface area contributed by atoms with Crippen LogP contribution in [0.5, 0.6) is 0 Å². The van der Waals surface area contributed by atoms with Gasteiger partial charge in [-0.05, 0) is 19.1 Å². The lowest BCUT2D eigenvalue weighted by atomic mass is 10.4. The molecule has 1 heterocycles. The van der Waals surface area contributed by atoms with Gasteiger partial charge in [-0.15, -0.1) is 0 Å². The highest BCUT2D eigenvalue weighted by Crippen LogP contribution is 2.15. The van der Waals surface area contributed by atoms with Crippen molar-refractivity contribution < 1.29 is 21.6 Å². The zero-order chi connectivity index (χ0) is 13.8. The summed E-state index contributed by atoms with van der Waals surface area (Å²) >= 11 is 0.